The first-order valence-electron chi connectivity index (χ1n) is 10.5. The molecule has 1 fully saturated rings. The van der Waals surface area contributed by atoms with Crippen molar-refractivity contribution in [2.24, 2.45) is 5.92 Å². The number of carbonyl (C=O) groups is 1. The molecule has 0 unspecified atom stereocenters. The molecular formula is C22H30N4O4. The van der Waals surface area contributed by atoms with Crippen LogP contribution in [0.1, 0.15) is 26.2 Å². The Morgan fingerprint density at radius 1 is 1.17 bits per heavy atom. The highest BCUT2D eigenvalue weighted by molar-refractivity contribution is 5.78. The maximum Gasteiger partial charge on any atom is 0.271 e. The SMILES string of the molecule is CCOCCCNC(=O)C1CCN(c2ccc(=O)n(-c3ccc(OC)cc3)n2)CC1. The molecule has 0 saturated carbocycles. The van der Waals surface area contributed by atoms with Crippen LogP contribution in [0.25, 0.3) is 5.69 Å². The molecule has 8 nitrogen and oxygen atoms in total. The van der Waals surface area contributed by atoms with Crippen LogP contribution < -0.4 is 20.5 Å². The standard InChI is InChI=1S/C22H30N4O4/c1-3-30-16-4-13-23-22(28)17-11-14-25(15-12-17)20-9-10-21(27)26(24-20)18-5-7-19(29-2)8-6-18/h5-10,17H,3-4,11-16H2,1-2H3,(H,23,28). The Hall–Kier alpha value is -2.87. The normalized spacial score (nSPS) is 14.5. The third-order valence-corrected chi connectivity index (χ3v) is 5.26. The molecule has 1 N–H and O–H groups in total. The molecule has 2 aromatic rings. The fourth-order valence-electron chi connectivity index (χ4n) is 3.52. The fraction of sp³-hybridized carbons (Fsp3) is 0.500. The third kappa shape index (κ3) is 5.60. The molecule has 0 spiro atoms. The van der Waals surface area contributed by atoms with Crippen molar-refractivity contribution in [3.63, 3.8) is 0 Å². The Kier molecular flexibility index (Phi) is 7.84. The Balaban J connectivity index is 1.57. The molecule has 1 aromatic heterocycles. The largest absolute Gasteiger partial charge is 0.497 e. The summed E-state index contributed by atoms with van der Waals surface area (Å²) in [7, 11) is 1.60. The zero-order valence-electron chi connectivity index (χ0n) is 17.7. The number of methoxy groups -OCH3 is 1. The van der Waals surface area contributed by atoms with E-state index in [1.165, 1.54) is 10.7 Å². The van der Waals surface area contributed by atoms with Gasteiger partial charge in [0, 0.05) is 44.8 Å². The van der Waals surface area contributed by atoms with Crippen LogP contribution in [0.2, 0.25) is 0 Å². The average Bonchev–Trinajstić information content (AvgIpc) is 2.79. The predicted molar refractivity (Wildman–Crippen MR) is 115 cm³/mol. The molecule has 8 heteroatoms. The maximum atomic E-state index is 12.4. The van der Waals surface area contributed by atoms with Crippen molar-refractivity contribution in [2.45, 2.75) is 26.2 Å². The fourth-order valence-corrected chi connectivity index (χ4v) is 3.52. The van der Waals surface area contributed by atoms with Gasteiger partial charge in [0.05, 0.1) is 12.8 Å². The maximum absolute atomic E-state index is 12.4. The number of nitrogens with zero attached hydrogens (tertiary/aromatic N) is 3. The lowest BCUT2D eigenvalue weighted by molar-refractivity contribution is -0.125. The number of rotatable bonds is 9. The number of carbonyl (C=O) groups excluding carboxylic acids is 1. The van der Waals surface area contributed by atoms with E-state index < -0.39 is 0 Å². The molecule has 1 aromatic carbocycles. The van der Waals surface area contributed by atoms with E-state index in [0.717, 1.165) is 43.9 Å². The summed E-state index contributed by atoms with van der Waals surface area (Å²) in [6.45, 7) is 5.43. The lowest BCUT2D eigenvalue weighted by Gasteiger charge is -2.32. The summed E-state index contributed by atoms with van der Waals surface area (Å²) >= 11 is 0. The van der Waals surface area contributed by atoms with Gasteiger partial charge in [0.25, 0.3) is 5.56 Å². The number of anilines is 1. The van der Waals surface area contributed by atoms with E-state index in [2.05, 4.69) is 15.3 Å². The zero-order chi connectivity index (χ0) is 21.3. The Bertz CT molecular complexity index is 873. The monoisotopic (exact) mass is 414 g/mol. The Labute approximate surface area is 176 Å². The van der Waals surface area contributed by atoms with Gasteiger partial charge in [-0.05, 0) is 56.5 Å². The number of aromatic nitrogens is 2. The van der Waals surface area contributed by atoms with Crippen molar-refractivity contribution in [1.29, 1.82) is 0 Å². The zero-order valence-corrected chi connectivity index (χ0v) is 17.7. The molecule has 0 radical (unpaired) electrons. The molecule has 1 aliphatic heterocycles. The van der Waals surface area contributed by atoms with Gasteiger partial charge in [-0.15, -0.1) is 5.10 Å². The van der Waals surface area contributed by atoms with Crippen LogP contribution in [0.15, 0.2) is 41.2 Å². The first kappa shape index (κ1) is 21.8. The predicted octanol–water partition coefficient (Wildman–Crippen LogP) is 2.00. The van der Waals surface area contributed by atoms with Crippen LogP contribution in [-0.2, 0) is 9.53 Å². The van der Waals surface area contributed by atoms with Gasteiger partial charge in [-0.2, -0.15) is 4.68 Å². The molecule has 3 rings (SSSR count). The second-order valence-corrected chi connectivity index (χ2v) is 7.24. The third-order valence-electron chi connectivity index (χ3n) is 5.26. The minimum atomic E-state index is -0.190. The van der Waals surface area contributed by atoms with Crippen LogP contribution in [0.5, 0.6) is 5.75 Å². The highest BCUT2D eigenvalue weighted by atomic mass is 16.5. The number of hydrogen-bond acceptors (Lipinski definition) is 6. The molecule has 30 heavy (non-hydrogen) atoms. The van der Waals surface area contributed by atoms with E-state index >= 15 is 0 Å². The summed E-state index contributed by atoms with van der Waals surface area (Å²) in [6, 6.07) is 10.5. The van der Waals surface area contributed by atoms with Crippen molar-refractivity contribution < 1.29 is 14.3 Å². The van der Waals surface area contributed by atoms with Gasteiger partial charge < -0.3 is 19.7 Å². The van der Waals surface area contributed by atoms with Crippen molar-refractivity contribution in [2.75, 3.05) is 44.9 Å². The smallest absolute Gasteiger partial charge is 0.271 e. The number of nitrogens with one attached hydrogen (secondary N) is 1. The number of hydrogen-bond donors (Lipinski definition) is 1. The number of piperidine rings is 1. The Morgan fingerprint density at radius 2 is 1.90 bits per heavy atom. The summed E-state index contributed by atoms with van der Waals surface area (Å²) in [6.07, 6.45) is 2.36. The van der Waals surface area contributed by atoms with Gasteiger partial charge in [0.15, 0.2) is 0 Å². The van der Waals surface area contributed by atoms with Crippen LogP contribution in [0.4, 0.5) is 5.82 Å². The Morgan fingerprint density at radius 3 is 2.57 bits per heavy atom. The molecule has 162 valence electrons. The van der Waals surface area contributed by atoms with Crippen LogP contribution in [0.3, 0.4) is 0 Å². The molecule has 0 atom stereocenters. The number of benzene rings is 1. The van der Waals surface area contributed by atoms with E-state index in [0.29, 0.717) is 25.4 Å². The van der Waals surface area contributed by atoms with Gasteiger partial charge in [-0.3, -0.25) is 9.59 Å². The first-order valence-corrected chi connectivity index (χ1v) is 10.5. The van der Waals surface area contributed by atoms with E-state index in [4.69, 9.17) is 9.47 Å². The van der Waals surface area contributed by atoms with Gasteiger partial charge in [-0.1, -0.05) is 0 Å². The van der Waals surface area contributed by atoms with E-state index in [1.807, 2.05) is 6.92 Å². The minimum Gasteiger partial charge on any atom is -0.497 e. The topological polar surface area (TPSA) is 85.7 Å². The number of amides is 1. The van der Waals surface area contributed by atoms with Crippen molar-refractivity contribution in [3.8, 4) is 11.4 Å². The highest BCUT2D eigenvalue weighted by Gasteiger charge is 2.25. The lowest BCUT2D eigenvalue weighted by Crippen LogP contribution is -2.41. The second kappa shape index (κ2) is 10.8. The summed E-state index contributed by atoms with van der Waals surface area (Å²) in [4.78, 5) is 26.8. The van der Waals surface area contributed by atoms with Crippen LogP contribution in [0, 0.1) is 5.92 Å². The summed E-state index contributed by atoms with van der Waals surface area (Å²) in [5, 5.41) is 7.55. The molecule has 1 aliphatic rings. The average molecular weight is 415 g/mol. The van der Waals surface area contributed by atoms with E-state index in [1.54, 1.807) is 37.4 Å². The van der Waals surface area contributed by atoms with Gasteiger partial charge in [-0.25, -0.2) is 0 Å². The van der Waals surface area contributed by atoms with Crippen molar-refractivity contribution >= 4 is 11.7 Å². The van der Waals surface area contributed by atoms with E-state index in [9.17, 15) is 9.59 Å². The van der Waals surface area contributed by atoms with Gasteiger partial charge in [0.2, 0.25) is 5.91 Å². The quantitative estimate of drug-likeness (QED) is 0.632. The molecule has 1 saturated heterocycles. The lowest BCUT2D eigenvalue weighted by atomic mass is 9.96. The van der Waals surface area contributed by atoms with Crippen LogP contribution in [-0.4, -0.2) is 55.6 Å². The van der Waals surface area contributed by atoms with Crippen molar-refractivity contribution in [1.82, 2.24) is 15.1 Å². The molecule has 1 amide bonds. The van der Waals surface area contributed by atoms with E-state index in [-0.39, 0.29) is 17.4 Å². The summed E-state index contributed by atoms with van der Waals surface area (Å²) in [5.74, 6) is 1.59. The molecule has 0 bridgehead atoms. The number of ether oxygens (including phenoxy) is 2. The molecular weight excluding hydrogens is 384 g/mol. The highest BCUT2D eigenvalue weighted by Crippen LogP contribution is 2.22. The first-order chi connectivity index (χ1) is 14.6. The van der Waals surface area contributed by atoms with Crippen molar-refractivity contribution in [3.05, 3.63) is 46.8 Å². The van der Waals surface area contributed by atoms with Gasteiger partial charge >= 0.3 is 0 Å². The molecule has 2 heterocycles. The summed E-state index contributed by atoms with van der Waals surface area (Å²) in [5.41, 5.74) is 0.495. The minimum absolute atomic E-state index is 0.0147. The molecule has 0 aliphatic carbocycles. The summed E-state index contributed by atoms with van der Waals surface area (Å²) < 4.78 is 11.9. The second-order valence-electron chi connectivity index (χ2n) is 7.24. The van der Waals surface area contributed by atoms with Gasteiger partial charge in [0.1, 0.15) is 11.6 Å². The van der Waals surface area contributed by atoms with Crippen LogP contribution >= 0.6 is 0 Å².